The molecular formula is C15H27ClN4O2. The smallest absolute Gasteiger partial charge is 0.223 e. The summed E-state index contributed by atoms with van der Waals surface area (Å²) in [4.78, 5) is 12.2. The molecular weight excluding hydrogens is 304 g/mol. The van der Waals surface area contributed by atoms with E-state index in [1.54, 1.807) is 6.20 Å². The molecule has 2 rings (SSSR count). The zero-order valence-electron chi connectivity index (χ0n) is 13.1. The molecule has 1 fully saturated rings. The average molecular weight is 331 g/mol. The van der Waals surface area contributed by atoms with Gasteiger partial charge >= 0.3 is 0 Å². The number of carbonyl (C=O) groups excluding carboxylic acids is 1. The van der Waals surface area contributed by atoms with Gasteiger partial charge in [-0.3, -0.25) is 9.89 Å². The number of aromatic nitrogens is 2. The quantitative estimate of drug-likeness (QED) is 0.704. The Labute approximate surface area is 138 Å². The summed E-state index contributed by atoms with van der Waals surface area (Å²) in [5, 5.41) is 9.78. The summed E-state index contributed by atoms with van der Waals surface area (Å²) >= 11 is 0. The number of nitrogens with zero attached hydrogens (tertiary/aromatic N) is 1. The number of aromatic amines is 1. The maximum Gasteiger partial charge on any atom is 0.223 e. The molecule has 0 saturated heterocycles. The Balaban J connectivity index is 0.00000242. The number of ether oxygens (including phenoxy) is 1. The van der Waals surface area contributed by atoms with Crippen LogP contribution in [0.1, 0.15) is 38.3 Å². The molecule has 0 bridgehead atoms. The number of hydrogen-bond acceptors (Lipinski definition) is 4. The molecule has 0 spiro atoms. The molecule has 0 aromatic carbocycles. The molecule has 4 N–H and O–H groups in total. The second-order valence-electron chi connectivity index (χ2n) is 5.71. The monoisotopic (exact) mass is 330 g/mol. The number of nitrogens with one attached hydrogen (secondary N) is 2. The van der Waals surface area contributed by atoms with Crippen LogP contribution in [0.4, 0.5) is 0 Å². The molecule has 0 radical (unpaired) electrons. The van der Waals surface area contributed by atoms with Crippen molar-refractivity contribution in [2.75, 3.05) is 13.2 Å². The summed E-state index contributed by atoms with van der Waals surface area (Å²) in [5.74, 6) is 0.139. The Kier molecular flexibility index (Phi) is 8.45. The highest BCUT2D eigenvalue weighted by molar-refractivity contribution is 5.85. The van der Waals surface area contributed by atoms with Crippen LogP contribution in [0.5, 0.6) is 0 Å². The molecule has 1 aromatic heterocycles. The van der Waals surface area contributed by atoms with E-state index in [4.69, 9.17) is 10.5 Å². The van der Waals surface area contributed by atoms with Crippen LogP contribution in [0, 0.1) is 5.92 Å². The van der Waals surface area contributed by atoms with E-state index >= 15 is 0 Å². The van der Waals surface area contributed by atoms with Gasteiger partial charge in [0.2, 0.25) is 5.91 Å². The van der Waals surface area contributed by atoms with Gasteiger partial charge in [0.05, 0.1) is 6.10 Å². The summed E-state index contributed by atoms with van der Waals surface area (Å²) in [5.41, 5.74) is 7.11. The predicted molar refractivity (Wildman–Crippen MR) is 87.9 cm³/mol. The molecule has 6 nitrogen and oxygen atoms in total. The van der Waals surface area contributed by atoms with Crippen molar-refractivity contribution in [1.82, 2.24) is 15.5 Å². The van der Waals surface area contributed by atoms with E-state index < -0.39 is 0 Å². The van der Waals surface area contributed by atoms with Crippen LogP contribution in [0.25, 0.3) is 0 Å². The van der Waals surface area contributed by atoms with Gasteiger partial charge in [0.15, 0.2) is 0 Å². The van der Waals surface area contributed by atoms with Gasteiger partial charge in [-0.15, -0.1) is 12.4 Å². The fourth-order valence-corrected chi connectivity index (χ4v) is 2.74. The Hall–Kier alpha value is -1.11. The van der Waals surface area contributed by atoms with Crippen LogP contribution in [0.3, 0.4) is 0 Å². The third-order valence-corrected chi connectivity index (χ3v) is 4.00. The van der Waals surface area contributed by atoms with Gasteiger partial charge in [-0.1, -0.05) is 6.92 Å². The molecule has 7 heteroatoms. The maximum absolute atomic E-state index is 12.2. The molecule has 1 amide bonds. The first kappa shape index (κ1) is 18.9. The van der Waals surface area contributed by atoms with Crippen molar-refractivity contribution >= 4 is 18.3 Å². The number of rotatable bonds is 7. The SMILES string of the molecule is CCCO[C@@H]1C[C@@H](C(=O)NCCc2ccn[nH]2)CC[C@H]1N.Cl. The number of halogens is 1. The third-order valence-electron chi connectivity index (χ3n) is 4.00. The van der Waals surface area contributed by atoms with Crippen molar-refractivity contribution in [1.29, 1.82) is 0 Å². The molecule has 1 aromatic rings. The fourth-order valence-electron chi connectivity index (χ4n) is 2.74. The van der Waals surface area contributed by atoms with Crippen LogP contribution >= 0.6 is 12.4 Å². The zero-order valence-corrected chi connectivity index (χ0v) is 13.9. The van der Waals surface area contributed by atoms with Gasteiger partial charge < -0.3 is 15.8 Å². The first-order valence-corrected chi connectivity index (χ1v) is 7.83. The number of carbonyl (C=O) groups is 1. The molecule has 22 heavy (non-hydrogen) atoms. The number of H-pyrrole nitrogens is 1. The topological polar surface area (TPSA) is 93.0 Å². The Morgan fingerprint density at radius 3 is 3.05 bits per heavy atom. The van der Waals surface area contributed by atoms with Crippen molar-refractivity contribution in [3.05, 3.63) is 18.0 Å². The van der Waals surface area contributed by atoms with Gasteiger partial charge in [0.1, 0.15) is 0 Å². The van der Waals surface area contributed by atoms with E-state index in [0.29, 0.717) is 13.2 Å². The van der Waals surface area contributed by atoms with Gasteiger partial charge in [-0.05, 0) is 31.7 Å². The zero-order chi connectivity index (χ0) is 15.1. The van der Waals surface area contributed by atoms with Crippen LogP contribution < -0.4 is 11.1 Å². The second kappa shape index (κ2) is 9.82. The van der Waals surface area contributed by atoms with E-state index in [9.17, 15) is 4.79 Å². The van der Waals surface area contributed by atoms with Crippen molar-refractivity contribution in [2.45, 2.75) is 51.2 Å². The summed E-state index contributed by atoms with van der Waals surface area (Å²) in [6, 6.07) is 1.98. The lowest BCUT2D eigenvalue weighted by Gasteiger charge is -2.33. The van der Waals surface area contributed by atoms with Crippen molar-refractivity contribution < 1.29 is 9.53 Å². The van der Waals surface area contributed by atoms with Crippen LogP contribution in [-0.4, -0.2) is 41.4 Å². The minimum absolute atomic E-state index is 0. The standard InChI is InChI=1S/C15H26N4O2.ClH/c1-2-9-21-14-10-11(3-4-13(14)16)15(20)17-7-5-12-6-8-18-19-12;/h6,8,11,13-14H,2-5,7,9-10,16H2,1H3,(H,17,20)(H,18,19);1H/t11-,13+,14+;/m0./s1. The molecule has 0 unspecified atom stereocenters. The van der Waals surface area contributed by atoms with E-state index in [1.807, 2.05) is 6.07 Å². The predicted octanol–water partition coefficient (Wildman–Crippen LogP) is 1.41. The molecule has 1 saturated carbocycles. The van der Waals surface area contributed by atoms with E-state index in [-0.39, 0.29) is 36.4 Å². The van der Waals surface area contributed by atoms with Crippen LogP contribution in [0.15, 0.2) is 12.3 Å². The first-order chi connectivity index (χ1) is 10.2. The minimum Gasteiger partial charge on any atom is -0.377 e. The molecule has 1 aliphatic carbocycles. The summed E-state index contributed by atoms with van der Waals surface area (Å²) in [6.45, 7) is 3.42. The number of amides is 1. The summed E-state index contributed by atoms with van der Waals surface area (Å²) < 4.78 is 5.77. The fraction of sp³-hybridized carbons (Fsp3) is 0.733. The molecule has 1 aliphatic rings. The summed E-state index contributed by atoms with van der Waals surface area (Å²) in [7, 11) is 0. The van der Waals surface area contributed by atoms with Gasteiger partial charge in [0.25, 0.3) is 0 Å². The Morgan fingerprint density at radius 1 is 1.55 bits per heavy atom. The highest BCUT2D eigenvalue weighted by Crippen LogP contribution is 2.26. The highest BCUT2D eigenvalue weighted by Gasteiger charge is 2.32. The normalized spacial score (nSPS) is 24.5. The number of nitrogens with two attached hydrogens (primary N) is 1. The van der Waals surface area contributed by atoms with E-state index in [1.165, 1.54) is 0 Å². The largest absolute Gasteiger partial charge is 0.377 e. The third kappa shape index (κ3) is 5.59. The lowest BCUT2D eigenvalue weighted by atomic mass is 9.83. The molecule has 1 heterocycles. The van der Waals surface area contributed by atoms with Crippen LogP contribution in [-0.2, 0) is 16.0 Å². The van der Waals surface area contributed by atoms with Crippen molar-refractivity contribution in [2.24, 2.45) is 11.7 Å². The molecule has 126 valence electrons. The van der Waals surface area contributed by atoms with E-state index in [0.717, 1.165) is 37.8 Å². The van der Waals surface area contributed by atoms with Crippen molar-refractivity contribution in [3.8, 4) is 0 Å². The second-order valence-corrected chi connectivity index (χ2v) is 5.71. The van der Waals surface area contributed by atoms with Gasteiger partial charge in [0, 0.05) is 43.4 Å². The number of hydrogen-bond donors (Lipinski definition) is 3. The van der Waals surface area contributed by atoms with Crippen LogP contribution in [0.2, 0.25) is 0 Å². The van der Waals surface area contributed by atoms with Gasteiger partial charge in [-0.2, -0.15) is 5.10 Å². The average Bonchev–Trinajstić information content (AvgIpc) is 2.99. The lowest BCUT2D eigenvalue weighted by molar-refractivity contribution is -0.128. The Morgan fingerprint density at radius 2 is 2.36 bits per heavy atom. The summed E-state index contributed by atoms with van der Waals surface area (Å²) in [6.07, 6.45) is 5.92. The first-order valence-electron chi connectivity index (χ1n) is 7.83. The molecule has 0 aliphatic heterocycles. The van der Waals surface area contributed by atoms with Gasteiger partial charge in [-0.25, -0.2) is 0 Å². The van der Waals surface area contributed by atoms with Crippen molar-refractivity contribution in [3.63, 3.8) is 0 Å². The maximum atomic E-state index is 12.2. The lowest BCUT2D eigenvalue weighted by Crippen LogP contribution is -2.46. The highest BCUT2D eigenvalue weighted by atomic mass is 35.5. The Bertz CT molecular complexity index is 427. The molecule has 3 atom stereocenters. The van der Waals surface area contributed by atoms with E-state index in [2.05, 4.69) is 22.4 Å². The minimum atomic E-state index is 0.